The number of rotatable bonds is 2. The van der Waals surface area contributed by atoms with Crippen LogP contribution in [0.2, 0.25) is 0 Å². The second-order valence-corrected chi connectivity index (χ2v) is 5.00. The lowest BCUT2D eigenvalue weighted by Crippen LogP contribution is -2.07. The van der Waals surface area contributed by atoms with Gasteiger partial charge >= 0.3 is 0 Å². The van der Waals surface area contributed by atoms with Gasteiger partial charge in [-0.2, -0.15) is 0 Å². The van der Waals surface area contributed by atoms with Crippen molar-refractivity contribution in [3.05, 3.63) is 16.6 Å². The van der Waals surface area contributed by atoms with E-state index in [0.29, 0.717) is 11.7 Å². The first kappa shape index (κ1) is 9.84. The van der Waals surface area contributed by atoms with Crippen molar-refractivity contribution < 1.29 is 4.79 Å². The number of nitrogens with zero attached hydrogens (tertiary/aromatic N) is 1. The Labute approximate surface area is 88.4 Å². The van der Waals surface area contributed by atoms with E-state index in [9.17, 15) is 4.79 Å². The average Bonchev–Trinajstić information content (AvgIpc) is 2.56. The number of Topliss-reactive ketones (excluding diaryl/α,β-unsaturated/α-hetero) is 1. The molecule has 1 aliphatic rings. The van der Waals surface area contributed by atoms with Gasteiger partial charge in [0.25, 0.3) is 0 Å². The van der Waals surface area contributed by atoms with E-state index in [1.54, 1.807) is 11.3 Å². The van der Waals surface area contributed by atoms with Crippen LogP contribution in [0.4, 0.5) is 0 Å². The van der Waals surface area contributed by atoms with Crippen LogP contribution >= 0.6 is 11.3 Å². The molecule has 1 unspecified atom stereocenters. The molecule has 0 aliphatic heterocycles. The lowest BCUT2D eigenvalue weighted by Gasteiger charge is -2.10. The molecule has 0 bridgehead atoms. The highest BCUT2D eigenvalue weighted by molar-refractivity contribution is 7.09. The molecule has 1 saturated carbocycles. The number of carbonyl (C=O) groups excluding carboxylic acids is 1. The third-order valence-electron chi connectivity index (χ3n) is 2.81. The maximum absolute atomic E-state index is 11.4. The standard InChI is InChI=1S/C11H15NOS/c13-10-4-2-1-3-9(5-10)6-11-7-12-8-14-11/h7-9H,1-6H2. The molecule has 1 aliphatic carbocycles. The molecular formula is C11H15NOS. The molecule has 0 spiro atoms. The summed E-state index contributed by atoms with van der Waals surface area (Å²) >= 11 is 1.70. The van der Waals surface area contributed by atoms with Gasteiger partial charge in [-0.15, -0.1) is 11.3 Å². The Morgan fingerprint density at radius 3 is 3.21 bits per heavy atom. The molecule has 1 aromatic rings. The number of aromatic nitrogens is 1. The molecule has 0 amide bonds. The monoisotopic (exact) mass is 209 g/mol. The van der Waals surface area contributed by atoms with Crippen LogP contribution < -0.4 is 0 Å². The van der Waals surface area contributed by atoms with Gasteiger partial charge in [-0.05, 0) is 25.2 Å². The van der Waals surface area contributed by atoms with Gasteiger partial charge in [-0.1, -0.05) is 6.42 Å². The van der Waals surface area contributed by atoms with Gasteiger partial charge in [-0.3, -0.25) is 9.78 Å². The Morgan fingerprint density at radius 2 is 2.43 bits per heavy atom. The summed E-state index contributed by atoms with van der Waals surface area (Å²) in [6.45, 7) is 0. The second kappa shape index (κ2) is 4.69. The zero-order valence-corrected chi connectivity index (χ0v) is 9.05. The van der Waals surface area contributed by atoms with Gasteiger partial charge in [-0.25, -0.2) is 0 Å². The highest BCUT2D eigenvalue weighted by Gasteiger charge is 2.18. The summed E-state index contributed by atoms with van der Waals surface area (Å²) in [7, 11) is 0. The zero-order valence-electron chi connectivity index (χ0n) is 8.24. The molecule has 1 heterocycles. The van der Waals surface area contributed by atoms with Crippen LogP contribution in [-0.4, -0.2) is 10.8 Å². The van der Waals surface area contributed by atoms with Crippen molar-refractivity contribution in [1.82, 2.24) is 4.98 Å². The lowest BCUT2D eigenvalue weighted by molar-refractivity contribution is -0.119. The maximum Gasteiger partial charge on any atom is 0.133 e. The fourth-order valence-corrected chi connectivity index (χ4v) is 2.79. The van der Waals surface area contributed by atoms with Crippen LogP contribution in [-0.2, 0) is 11.2 Å². The van der Waals surface area contributed by atoms with Crippen molar-refractivity contribution in [2.24, 2.45) is 5.92 Å². The second-order valence-electron chi connectivity index (χ2n) is 4.03. The van der Waals surface area contributed by atoms with E-state index in [2.05, 4.69) is 4.98 Å². The molecule has 0 aromatic carbocycles. The number of thiazole rings is 1. The Bertz CT molecular complexity index is 294. The fourth-order valence-electron chi connectivity index (χ4n) is 2.08. The Morgan fingerprint density at radius 1 is 1.50 bits per heavy atom. The summed E-state index contributed by atoms with van der Waals surface area (Å²) in [6, 6.07) is 0. The summed E-state index contributed by atoms with van der Waals surface area (Å²) in [5.41, 5.74) is 1.87. The van der Waals surface area contributed by atoms with Crippen LogP contribution in [0.1, 0.15) is 37.0 Å². The number of carbonyl (C=O) groups is 1. The molecule has 1 aromatic heterocycles. The minimum atomic E-state index is 0.456. The third kappa shape index (κ3) is 2.64. The van der Waals surface area contributed by atoms with Gasteiger partial charge in [0.2, 0.25) is 0 Å². The summed E-state index contributed by atoms with van der Waals surface area (Å²) in [6.07, 6.45) is 8.10. The van der Waals surface area contributed by atoms with Gasteiger partial charge in [0.15, 0.2) is 0 Å². The Balaban J connectivity index is 1.93. The highest BCUT2D eigenvalue weighted by atomic mass is 32.1. The molecule has 76 valence electrons. The third-order valence-corrected chi connectivity index (χ3v) is 3.61. The molecule has 3 heteroatoms. The maximum atomic E-state index is 11.4. The minimum absolute atomic E-state index is 0.456. The first-order valence-electron chi connectivity index (χ1n) is 5.23. The smallest absolute Gasteiger partial charge is 0.133 e. The first-order valence-corrected chi connectivity index (χ1v) is 6.11. The van der Waals surface area contributed by atoms with Crippen LogP contribution in [0.3, 0.4) is 0 Å². The lowest BCUT2D eigenvalue weighted by atomic mass is 9.96. The number of hydrogen-bond acceptors (Lipinski definition) is 3. The molecule has 0 N–H and O–H groups in total. The van der Waals surface area contributed by atoms with Gasteiger partial charge in [0.1, 0.15) is 5.78 Å². The summed E-state index contributed by atoms with van der Waals surface area (Å²) in [5, 5.41) is 0. The fraction of sp³-hybridized carbons (Fsp3) is 0.636. The van der Waals surface area contributed by atoms with E-state index in [4.69, 9.17) is 0 Å². The van der Waals surface area contributed by atoms with Crippen molar-refractivity contribution in [1.29, 1.82) is 0 Å². The zero-order chi connectivity index (χ0) is 9.80. The van der Waals surface area contributed by atoms with E-state index in [1.165, 1.54) is 17.7 Å². The molecule has 2 rings (SSSR count). The Kier molecular flexibility index (Phi) is 3.30. The van der Waals surface area contributed by atoms with Crippen LogP contribution in [0.5, 0.6) is 0 Å². The Hall–Kier alpha value is -0.700. The predicted molar refractivity (Wildman–Crippen MR) is 57.4 cm³/mol. The van der Waals surface area contributed by atoms with E-state index >= 15 is 0 Å². The predicted octanol–water partition coefficient (Wildman–Crippen LogP) is 2.84. The number of ketones is 1. The van der Waals surface area contributed by atoms with Crippen molar-refractivity contribution in [2.45, 2.75) is 38.5 Å². The van der Waals surface area contributed by atoms with Gasteiger partial charge in [0, 0.05) is 23.9 Å². The van der Waals surface area contributed by atoms with Crippen LogP contribution in [0.25, 0.3) is 0 Å². The van der Waals surface area contributed by atoms with E-state index < -0.39 is 0 Å². The topological polar surface area (TPSA) is 30.0 Å². The minimum Gasteiger partial charge on any atom is -0.300 e. The normalized spacial score (nSPS) is 23.4. The largest absolute Gasteiger partial charge is 0.300 e. The van der Waals surface area contributed by atoms with Gasteiger partial charge in [0.05, 0.1) is 5.51 Å². The molecular weight excluding hydrogens is 194 g/mol. The summed E-state index contributed by atoms with van der Waals surface area (Å²) in [4.78, 5) is 16.8. The molecule has 0 saturated heterocycles. The first-order chi connectivity index (χ1) is 6.84. The highest BCUT2D eigenvalue weighted by Crippen LogP contribution is 2.25. The van der Waals surface area contributed by atoms with Crippen molar-refractivity contribution >= 4 is 17.1 Å². The van der Waals surface area contributed by atoms with Crippen molar-refractivity contribution in [3.63, 3.8) is 0 Å². The molecule has 1 fully saturated rings. The van der Waals surface area contributed by atoms with Crippen molar-refractivity contribution in [2.75, 3.05) is 0 Å². The molecule has 14 heavy (non-hydrogen) atoms. The summed E-state index contributed by atoms with van der Waals surface area (Å²) in [5.74, 6) is 1.03. The van der Waals surface area contributed by atoms with E-state index in [-0.39, 0.29) is 0 Å². The van der Waals surface area contributed by atoms with E-state index in [0.717, 1.165) is 25.7 Å². The summed E-state index contributed by atoms with van der Waals surface area (Å²) < 4.78 is 0. The SMILES string of the molecule is O=C1CCCCC(Cc2cncs2)C1. The number of hydrogen-bond donors (Lipinski definition) is 0. The van der Waals surface area contributed by atoms with E-state index in [1.807, 2.05) is 11.7 Å². The van der Waals surface area contributed by atoms with Crippen LogP contribution in [0.15, 0.2) is 11.7 Å². The molecule has 1 atom stereocenters. The average molecular weight is 209 g/mol. The molecule has 2 nitrogen and oxygen atoms in total. The van der Waals surface area contributed by atoms with Gasteiger partial charge < -0.3 is 0 Å². The van der Waals surface area contributed by atoms with Crippen LogP contribution in [0, 0.1) is 5.92 Å². The quantitative estimate of drug-likeness (QED) is 0.701. The van der Waals surface area contributed by atoms with Crippen molar-refractivity contribution in [3.8, 4) is 0 Å². The molecule has 0 radical (unpaired) electrons.